The molecule has 0 atom stereocenters. The zero-order valence-corrected chi connectivity index (χ0v) is 9.58. The van der Waals surface area contributed by atoms with E-state index in [1.54, 1.807) is 19.4 Å². The molecule has 6 nitrogen and oxygen atoms in total. The summed E-state index contributed by atoms with van der Waals surface area (Å²) in [6, 6.07) is 0. The van der Waals surface area contributed by atoms with E-state index in [-0.39, 0.29) is 5.91 Å². The molecule has 16 heavy (non-hydrogen) atoms. The summed E-state index contributed by atoms with van der Waals surface area (Å²) in [5.41, 5.74) is 0. The third-order valence-electron chi connectivity index (χ3n) is 1.92. The van der Waals surface area contributed by atoms with E-state index in [1.807, 2.05) is 6.92 Å². The van der Waals surface area contributed by atoms with Crippen molar-refractivity contribution in [1.29, 1.82) is 0 Å². The number of anilines is 2. The molecule has 0 spiro atoms. The van der Waals surface area contributed by atoms with Crippen molar-refractivity contribution in [3.63, 3.8) is 0 Å². The summed E-state index contributed by atoms with van der Waals surface area (Å²) in [6.07, 6.45) is 3.69. The largest absolute Gasteiger partial charge is 0.372 e. The van der Waals surface area contributed by atoms with E-state index in [4.69, 9.17) is 0 Å². The number of nitrogens with zero attached hydrogens (tertiary/aromatic N) is 2. The average molecular weight is 223 g/mol. The molecule has 0 saturated carbocycles. The first-order chi connectivity index (χ1) is 7.76. The Balaban J connectivity index is 2.34. The molecule has 0 aliphatic heterocycles. The Morgan fingerprint density at radius 2 is 2.12 bits per heavy atom. The van der Waals surface area contributed by atoms with Gasteiger partial charge >= 0.3 is 0 Å². The zero-order chi connectivity index (χ0) is 11.8. The van der Waals surface area contributed by atoms with E-state index in [2.05, 4.69) is 25.9 Å². The molecule has 0 saturated heterocycles. The third-order valence-corrected chi connectivity index (χ3v) is 1.92. The van der Waals surface area contributed by atoms with Gasteiger partial charge in [0.15, 0.2) is 0 Å². The molecule has 1 amide bonds. The van der Waals surface area contributed by atoms with E-state index in [0.717, 1.165) is 0 Å². The first kappa shape index (κ1) is 12.2. The Labute approximate surface area is 94.9 Å². The Hall–Kier alpha value is -1.85. The van der Waals surface area contributed by atoms with Gasteiger partial charge in [-0.1, -0.05) is 0 Å². The number of nitrogens with one attached hydrogen (secondary N) is 3. The van der Waals surface area contributed by atoms with Crippen LogP contribution >= 0.6 is 0 Å². The fourth-order valence-electron chi connectivity index (χ4n) is 1.16. The summed E-state index contributed by atoms with van der Waals surface area (Å²) in [4.78, 5) is 19.4. The molecule has 0 aliphatic rings. The van der Waals surface area contributed by atoms with Crippen molar-refractivity contribution in [3.05, 3.63) is 12.4 Å². The number of rotatable bonds is 6. The predicted molar refractivity (Wildman–Crippen MR) is 63.4 cm³/mol. The molecule has 0 aliphatic carbocycles. The lowest BCUT2D eigenvalue weighted by molar-refractivity contribution is -0.120. The molecule has 88 valence electrons. The minimum Gasteiger partial charge on any atom is -0.372 e. The van der Waals surface area contributed by atoms with Crippen LogP contribution in [0.25, 0.3) is 0 Å². The van der Waals surface area contributed by atoms with Gasteiger partial charge in [-0.25, -0.2) is 4.98 Å². The maximum absolute atomic E-state index is 11.2. The summed E-state index contributed by atoms with van der Waals surface area (Å²) < 4.78 is 0. The van der Waals surface area contributed by atoms with Crippen LogP contribution in [0.15, 0.2) is 12.4 Å². The lowest BCUT2D eigenvalue weighted by Crippen LogP contribution is -2.24. The van der Waals surface area contributed by atoms with Crippen LogP contribution in [0.4, 0.5) is 11.6 Å². The van der Waals surface area contributed by atoms with E-state index >= 15 is 0 Å². The highest BCUT2D eigenvalue weighted by Crippen LogP contribution is 2.05. The summed E-state index contributed by atoms with van der Waals surface area (Å²) >= 11 is 0. The summed E-state index contributed by atoms with van der Waals surface area (Å²) in [6.45, 7) is 3.11. The Morgan fingerprint density at radius 1 is 1.38 bits per heavy atom. The second-order valence-corrected chi connectivity index (χ2v) is 3.17. The zero-order valence-electron chi connectivity index (χ0n) is 9.58. The van der Waals surface area contributed by atoms with E-state index in [1.165, 1.54) is 0 Å². The highest BCUT2D eigenvalue weighted by Gasteiger charge is 2.00. The molecular formula is C10H17N5O. The molecule has 1 aromatic heterocycles. The fraction of sp³-hybridized carbons (Fsp3) is 0.500. The van der Waals surface area contributed by atoms with Gasteiger partial charge in [0.25, 0.3) is 0 Å². The molecule has 0 fully saturated rings. The molecule has 1 rings (SSSR count). The number of carbonyl (C=O) groups is 1. The second kappa shape index (κ2) is 6.60. The van der Waals surface area contributed by atoms with Crippen molar-refractivity contribution in [2.75, 3.05) is 30.8 Å². The van der Waals surface area contributed by atoms with Gasteiger partial charge in [0.05, 0.1) is 12.4 Å². The highest BCUT2D eigenvalue weighted by atomic mass is 16.1. The summed E-state index contributed by atoms with van der Waals surface area (Å²) in [5.74, 6) is 1.40. The maximum Gasteiger partial charge on any atom is 0.221 e. The first-order valence-electron chi connectivity index (χ1n) is 5.26. The number of hydrogen-bond donors (Lipinski definition) is 3. The normalized spacial score (nSPS) is 9.62. The van der Waals surface area contributed by atoms with Crippen LogP contribution in [0, 0.1) is 0 Å². The molecule has 0 radical (unpaired) electrons. The topological polar surface area (TPSA) is 78.9 Å². The molecule has 0 bridgehead atoms. The molecule has 3 N–H and O–H groups in total. The number of aromatic nitrogens is 2. The van der Waals surface area contributed by atoms with Crippen LogP contribution in [-0.2, 0) is 4.79 Å². The standard InChI is InChI=1S/C10H17N5O/c1-3-13-10(16)4-5-14-9-7-12-6-8(11-2)15-9/h6-7H,3-5H2,1-2H3,(H,13,16)(H2,11,14,15). The van der Waals surface area contributed by atoms with Crippen LogP contribution in [0.5, 0.6) is 0 Å². The fourth-order valence-corrected chi connectivity index (χ4v) is 1.16. The van der Waals surface area contributed by atoms with Crippen molar-refractivity contribution in [2.24, 2.45) is 0 Å². The van der Waals surface area contributed by atoms with Gasteiger partial charge in [-0.2, -0.15) is 0 Å². The Kier molecular flexibility index (Phi) is 5.04. The highest BCUT2D eigenvalue weighted by molar-refractivity contribution is 5.76. The van der Waals surface area contributed by atoms with Gasteiger partial charge in [0, 0.05) is 26.6 Å². The second-order valence-electron chi connectivity index (χ2n) is 3.17. The Bertz CT molecular complexity index is 342. The number of hydrogen-bond acceptors (Lipinski definition) is 5. The van der Waals surface area contributed by atoms with Gasteiger partial charge in [0.1, 0.15) is 11.6 Å². The number of amides is 1. The first-order valence-corrected chi connectivity index (χ1v) is 5.26. The van der Waals surface area contributed by atoms with E-state index in [0.29, 0.717) is 31.1 Å². The van der Waals surface area contributed by atoms with Crippen LogP contribution in [0.3, 0.4) is 0 Å². The molecule has 0 unspecified atom stereocenters. The SMILES string of the molecule is CCNC(=O)CCNc1cncc(NC)n1. The average Bonchev–Trinajstić information content (AvgIpc) is 2.30. The number of carbonyl (C=O) groups excluding carboxylic acids is 1. The minimum atomic E-state index is 0.0349. The van der Waals surface area contributed by atoms with Crippen molar-refractivity contribution in [3.8, 4) is 0 Å². The van der Waals surface area contributed by atoms with E-state index in [9.17, 15) is 4.79 Å². The molecule has 6 heteroatoms. The van der Waals surface area contributed by atoms with Crippen molar-refractivity contribution < 1.29 is 4.79 Å². The van der Waals surface area contributed by atoms with Gasteiger partial charge in [-0.15, -0.1) is 0 Å². The van der Waals surface area contributed by atoms with Gasteiger partial charge in [-0.3, -0.25) is 9.78 Å². The van der Waals surface area contributed by atoms with Crippen molar-refractivity contribution in [2.45, 2.75) is 13.3 Å². The van der Waals surface area contributed by atoms with Crippen molar-refractivity contribution >= 4 is 17.5 Å². The maximum atomic E-state index is 11.2. The van der Waals surface area contributed by atoms with Gasteiger partial charge in [0.2, 0.25) is 5.91 Å². The van der Waals surface area contributed by atoms with Crippen LogP contribution in [0.2, 0.25) is 0 Å². The third kappa shape index (κ3) is 4.12. The monoisotopic (exact) mass is 223 g/mol. The summed E-state index contributed by atoms with van der Waals surface area (Å²) in [7, 11) is 1.78. The smallest absolute Gasteiger partial charge is 0.221 e. The predicted octanol–water partition coefficient (Wildman–Crippen LogP) is 0.456. The van der Waals surface area contributed by atoms with Crippen molar-refractivity contribution in [1.82, 2.24) is 15.3 Å². The quantitative estimate of drug-likeness (QED) is 0.653. The molecular weight excluding hydrogens is 206 g/mol. The molecule has 0 aromatic carbocycles. The van der Waals surface area contributed by atoms with Gasteiger partial charge < -0.3 is 16.0 Å². The van der Waals surface area contributed by atoms with Gasteiger partial charge in [-0.05, 0) is 6.92 Å². The van der Waals surface area contributed by atoms with E-state index < -0.39 is 0 Å². The summed E-state index contributed by atoms with van der Waals surface area (Å²) in [5, 5.41) is 8.66. The lowest BCUT2D eigenvalue weighted by Gasteiger charge is -2.06. The lowest BCUT2D eigenvalue weighted by atomic mass is 10.4. The van der Waals surface area contributed by atoms with Crippen LogP contribution in [0.1, 0.15) is 13.3 Å². The van der Waals surface area contributed by atoms with Crippen LogP contribution < -0.4 is 16.0 Å². The van der Waals surface area contributed by atoms with Crippen LogP contribution in [-0.4, -0.2) is 36.0 Å². The molecule has 1 aromatic rings. The molecule has 1 heterocycles. The Morgan fingerprint density at radius 3 is 2.81 bits per heavy atom. The minimum absolute atomic E-state index is 0.0349.